The number of hydrogen-bond acceptors (Lipinski definition) is 2. The van der Waals surface area contributed by atoms with Crippen LogP contribution in [0.3, 0.4) is 0 Å². The van der Waals surface area contributed by atoms with Gasteiger partial charge in [-0.25, -0.2) is 4.99 Å². The van der Waals surface area contributed by atoms with Crippen molar-refractivity contribution in [3.63, 3.8) is 0 Å². The van der Waals surface area contributed by atoms with Gasteiger partial charge in [0, 0.05) is 11.0 Å². The molecule has 0 amide bonds. The first-order chi connectivity index (χ1) is 7.13. The summed E-state index contributed by atoms with van der Waals surface area (Å²) in [6.45, 7) is 1.97. The second-order valence-corrected chi connectivity index (χ2v) is 7.25. The molecule has 0 radical (unpaired) electrons. The van der Waals surface area contributed by atoms with E-state index < -0.39 is 15.1 Å². The SMILES string of the molecule is COc1ccc2c(c1)N=C(C)[SH]2C(Cl)Cl. The maximum atomic E-state index is 5.96. The van der Waals surface area contributed by atoms with Gasteiger partial charge in [0.05, 0.1) is 17.8 Å². The molecule has 15 heavy (non-hydrogen) atoms. The van der Waals surface area contributed by atoms with Gasteiger partial charge in [-0.2, -0.15) is 10.9 Å². The van der Waals surface area contributed by atoms with Gasteiger partial charge in [0.15, 0.2) is 0 Å². The summed E-state index contributed by atoms with van der Waals surface area (Å²) in [7, 11) is 0.968. The lowest BCUT2D eigenvalue weighted by Crippen LogP contribution is -1.96. The fourth-order valence-electron chi connectivity index (χ4n) is 1.57. The lowest BCUT2D eigenvalue weighted by molar-refractivity contribution is 0.414. The van der Waals surface area contributed by atoms with Crippen LogP contribution < -0.4 is 4.74 Å². The van der Waals surface area contributed by atoms with Crippen molar-refractivity contribution in [2.45, 2.75) is 16.0 Å². The molecular weight excluding hydrogens is 253 g/mol. The van der Waals surface area contributed by atoms with Gasteiger partial charge in [0.1, 0.15) is 9.92 Å². The zero-order valence-corrected chi connectivity index (χ0v) is 10.8. The molecule has 2 rings (SSSR count). The van der Waals surface area contributed by atoms with E-state index in [1.54, 1.807) is 7.11 Å². The number of fused-ring (bicyclic) bond motifs is 1. The van der Waals surface area contributed by atoms with E-state index in [4.69, 9.17) is 27.9 Å². The molecule has 1 atom stereocenters. The smallest absolute Gasteiger partial charge is 0.144 e. The Hall–Kier alpha value is -0.380. The highest BCUT2D eigenvalue weighted by atomic mass is 35.5. The maximum absolute atomic E-state index is 5.96. The summed E-state index contributed by atoms with van der Waals surface area (Å²) >= 11 is 11.9. The minimum atomic E-state index is -0.673. The maximum Gasteiger partial charge on any atom is 0.144 e. The van der Waals surface area contributed by atoms with Crippen LogP contribution in [-0.2, 0) is 0 Å². The summed E-state index contributed by atoms with van der Waals surface area (Å²) in [5, 5.41) is 1.02. The third-order valence-electron chi connectivity index (χ3n) is 2.27. The first kappa shape index (κ1) is 11.1. The highest BCUT2D eigenvalue weighted by Crippen LogP contribution is 2.55. The van der Waals surface area contributed by atoms with Crippen LogP contribution in [0.15, 0.2) is 28.1 Å². The highest BCUT2D eigenvalue weighted by molar-refractivity contribution is 8.32. The van der Waals surface area contributed by atoms with Gasteiger partial charge in [-0.15, -0.1) is 0 Å². The van der Waals surface area contributed by atoms with E-state index >= 15 is 0 Å². The topological polar surface area (TPSA) is 21.6 Å². The average Bonchev–Trinajstić information content (AvgIpc) is 2.52. The largest absolute Gasteiger partial charge is 0.497 e. The lowest BCUT2D eigenvalue weighted by Gasteiger charge is -2.17. The van der Waals surface area contributed by atoms with Crippen molar-refractivity contribution < 1.29 is 4.74 Å². The van der Waals surface area contributed by atoms with Gasteiger partial charge in [-0.05, 0) is 19.1 Å². The first-order valence-corrected chi connectivity index (χ1v) is 6.72. The zero-order chi connectivity index (χ0) is 11.0. The molecule has 1 aliphatic rings. The van der Waals surface area contributed by atoms with Crippen LogP contribution in [-0.4, -0.2) is 16.3 Å². The Morgan fingerprint density at radius 2 is 2.13 bits per heavy atom. The number of methoxy groups -OCH3 is 1. The van der Waals surface area contributed by atoms with Crippen LogP contribution in [0.4, 0.5) is 5.69 Å². The van der Waals surface area contributed by atoms with Crippen molar-refractivity contribution >= 4 is 44.8 Å². The molecule has 0 aromatic heterocycles. The summed E-state index contributed by atoms with van der Waals surface area (Å²) < 4.78 is 4.75. The van der Waals surface area contributed by atoms with Crippen LogP contribution in [0.1, 0.15) is 6.92 Å². The van der Waals surface area contributed by atoms with Crippen molar-refractivity contribution in [1.29, 1.82) is 0 Å². The third kappa shape index (κ3) is 1.96. The van der Waals surface area contributed by atoms with Crippen molar-refractivity contribution in [3.05, 3.63) is 18.2 Å². The van der Waals surface area contributed by atoms with Gasteiger partial charge in [-0.1, -0.05) is 23.2 Å². The normalized spacial score (nSPS) is 21.4. The lowest BCUT2D eigenvalue weighted by atomic mass is 10.3. The van der Waals surface area contributed by atoms with Crippen LogP contribution in [0, 0.1) is 0 Å². The molecule has 0 bridgehead atoms. The van der Waals surface area contributed by atoms with Gasteiger partial charge < -0.3 is 4.74 Å². The van der Waals surface area contributed by atoms with Crippen molar-refractivity contribution in [3.8, 4) is 5.75 Å². The third-order valence-corrected chi connectivity index (χ3v) is 5.52. The van der Waals surface area contributed by atoms with Gasteiger partial charge in [0.2, 0.25) is 0 Å². The van der Waals surface area contributed by atoms with Crippen LogP contribution >= 0.6 is 34.1 Å². The Bertz CT molecular complexity index is 420. The van der Waals surface area contributed by atoms with Crippen LogP contribution in [0.5, 0.6) is 5.75 Å². The highest BCUT2D eigenvalue weighted by Gasteiger charge is 2.26. The molecule has 0 aliphatic carbocycles. The second kappa shape index (κ2) is 4.24. The molecule has 1 unspecified atom stereocenters. The van der Waals surface area contributed by atoms with Crippen LogP contribution in [0.2, 0.25) is 0 Å². The van der Waals surface area contributed by atoms with E-state index in [-0.39, 0.29) is 0 Å². The van der Waals surface area contributed by atoms with Gasteiger partial charge in [0.25, 0.3) is 0 Å². The Labute approximate surface area is 102 Å². The molecule has 0 N–H and O–H groups in total. The van der Waals surface area contributed by atoms with E-state index in [9.17, 15) is 0 Å². The number of benzene rings is 1. The monoisotopic (exact) mass is 263 g/mol. The molecule has 1 aromatic carbocycles. The number of thiol groups is 1. The van der Waals surface area contributed by atoms with Crippen molar-refractivity contribution in [2.24, 2.45) is 4.99 Å². The summed E-state index contributed by atoms with van der Waals surface area (Å²) in [5.41, 5.74) is 0.935. The Morgan fingerprint density at radius 3 is 2.73 bits per heavy atom. The van der Waals surface area contributed by atoms with Crippen molar-refractivity contribution in [1.82, 2.24) is 0 Å². The van der Waals surface area contributed by atoms with E-state index in [0.29, 0.717) is 0 Å². The number of alkyl halides is 2. The van der Waals surface area contributed by atoms with E-state index in [1.165, 1.54) is 0 Å². The predicted octanol–water partition coefficient (Wildman–Crippen LogP) is 3.88. The van der Waals surface area contributed by atoms with E-state index in [0.717, 1.165) is 21.4 Å². The minimum Gasteiger partial charge on any atom is -0.497 e. The molecule has 2 nitrogen and oxygen atoms in total. The Morgan fingerprint density at radius 1 is 1.40 bits per heavy atom. The summed E-state index contributed by atoms with van der Waals surface area (Å²) in [4.78, 5) is 5.60. The minimum absolute atomic E-state index is 0.390. The first-order valence-electron chi connectivity index (χ1n) is 4.44. The van der Waals surface area contributed by atoms with Crippen molar-refractivity contribution in [2.75, 3.05) is 7.11 Å². The number of rotatable bonds is 2. The summed E-state index contributed by atoms with van der Waals surface area (Å²) in [6.07, 6.45) is 0. The van der Waals surface area contributed by atoms with Gasteiger partial charge in [-0.3, -0.25) is 0 Å². The molecule has 5 heteroatoms. The molecule has 1 aliphatic heterocycles. The van der Waals surface area contributed by atoms with Gasteiger partial charge >= 0.3 is 0 Å². The standard InChI is InChI=1S/C10H11Cl2NOS/c1-6-13-8-5-7(14-2)3-4-9(8)15(6)10(11)12/h3-5,10,15H,1-2H3. The molecule has 0 fully saturated rings. The summed E-state index contributed by atoms with van der Waals surface area (Å²) in [6, 6.07) is 5.83. The summed E-state index contributed by atoms with van der Waals surface area (Å²) in [5.74, 6) is 0.808. The molecule has 0 spiro atoms. The second-order valence-electron chi connectivity index (χ2n) is 3.16. The Balaban J connectivity index is 2.45. The number of halogens is 2. The average molecular weight is 264 g/mol. The molecule has 82 valence electrons. The number of aliphatic imine (C=N–C) groups is 1. The molecular formula is C10H11Cl2NOS. The fraction of sp³-hybridized carbons (Fsp3) is 0.300. The van der Waals surface area contributed by atoms with E-state index in [2.05, 4.69) is 4.99 Å². The fourth-order valence-corrected chi connectivity index (χ4v) is 4.70. The molecule has 0 saturated carbocycles. The Kier molecular flexibility index (Phi) is 3.14. The number of hydrogen-bond donors (Lipinski definition) is 1. The van der Waals surface area contributed by atoms with Crippen LogP contribution in [0.25, 0.3) is 0 Å². The zero-order valence-electron chi connectivity index (χ0n) is 8.37. The van der Waals surface area contributed by atoms with E-state index in [1.807, 2.05) is 25.1 Å². The quantitative estimate of drug-likeness (QED) is 0.635. The molecule has 1 aromatic rings. The predicted molar refractivity (Wildman–Crippen MR) is 68.5 cm³/mol. The number of ether oxygens (including phenoxy) is 1. The molecule has 1 heterocycles. The molecule has 0 saturated heterocycles. The number of nitrogens with zero attached hydrogens (tertiary/aromatic N) is 1.